The fraction of sp³-hybridized carbons (Fsp3) is 0.508. The highest BCUT2D eigenvalue weighted by Crippen LogP contribution is 2.22. The average Bonchev–Trinajstić information content (AvgIpc) is 1.38. The van der Waals surface area contributed by atoms with Gasteiger partial charge in [0.05, 0.1) is 26.5 Å². The Bertz CT molecular complexity index is 3670. The first-order valence-corrected chi connectivity index (χ1v) is 28.8. The summed E-state index contributed by atoms with van der Waals surface area (Å²) >= 11 is 0. The third-order valence-corrected chi connectivity index (χ3v) is 14.2. The summed E-state index contributed by atoms with van der Waals surface area (Å²) in [5, 5.41) is 40.3. The summed E-state index contributed by atoms with van der Waals surface area (Å²) in [6, 6.07) is -7.39. The van der Waals surface area contributed by atoms with Crippen LogP contribution in [-0.4, -0.2) is 187 Å². The highest BCUT2D eigenvalue weighted by Gasteiger charge is 2.40. The van der Waals surface area contributed by atoms with Crippen LogP contribution in [-0.2, 0) is 71.9 Å². The SMILES string of the molecule is [2H]C([2H])([2H])C([2H])(C([2H])([2H])[2H])C([2H])([2H])C([2H])(NC(=O)[C@@H](COC(C)(C)C)NC(=O)[C@H](Cc1ccc(O)cc1)NC(=O)[C@H](CO)NC(=O)[C@H](Cc1c[nH]c2ccccc12)NC(=O)[C@H](Cc1cnc[nH]1)NC(=O)[C@@H]1CCC(=O)N1)C(=O)N[C@@H](CCCN=C(N)N)C(=O)N1CCC[C@H]1C(=O)NNC(N)=O. The number of para-hydroxylation sites is 1. The number of imidazole rings is 1. The Kier molecular flexibility index (Phi) is 20.5. The number of aromatic nitrogens is 3. The summed E-state index contributed by atoms with van der Waals surface area (Å²) < 4.78 is 92.6. The minimum atomic E-state index is -4.64. The molecule has 1 unspecified atom stereocenters. The molecule has 4 aromatic rings. The van der Waals surface area contributed by atoms with Crippen molar-refractivity contribution in [2.45, 2.75) is 159 Å². The highest BCUT2D eigenvalue weighted by molar-refractivity contribution is 5.99. The Labute approximate surface area is 538 Å². The molecule has 2 aromatic carbocycles. The number of carbonyl (C=O) groups excluding carboxylic acids is 11. The Morgan fingerprint density at radius 1 is 0.780 bits per heavy atom. The molecular formula is C59H84N18O14. The maximum Gasteiger partial charge on any atom is 0.330 e. The number of amides is 12. The number of guanidine groups is 1. The van der Waals surface area contributed by atoms with E-state index in [2.05, 4.69) is 57.2 Å². The van der Waals surface area contributed by atoms with Crippen molar-refractivity contribution in [1.82, 2.24) is 73.2 Å². The van der Waals surface area contributed by atoms with E-state index in [0.717, 1.165) is 4.90 Å². The molecule has 0 bridgehead atoms. The third-order valence-electron chi connectivity index (χ3n) is 14.2. The van der Waals surface area contributed by atoms with Crippen LogP contribution in [0.2, 0.25) is 0 Å². The van der Waals surface area contributed by atoms with E-state index in [4.69, 9.17) is 31.5 Å². The van der Waals surface area contributed by atoms with Crippen LogP contribution in [0.5, 0.6) is 5.75 Å². The van der Waals surface area contributed by atoms with E-state index in [0.29, 0.717) is 22.2 Å². The standard InChI is InChI=1S/C59H84N18O14/c1-31(2)22-40(49(82)68-39(12-8-20-64-57(60)61)56(89)77-21-9-13-46(77)55(88)75-76-58(62)90)69-54(87)45(29-91-59(3,4)5)74-50(83)41(23-32-14-16-35(79)17-15-32)70-53(86)44(28-78)73-51(84)42(24-33-26-65-37-11-7-6-10-36(33)37)71-52(85)43(25-34-27-63-30-66-34)72-48(81)38-18-19-47(80)67-38/h6-7,10-11,14-17,26-27,30-31,38-46,65,78-79H,8-9,12-13,18-25,28-29H2,1-5H3,(H,63,66)(H,67,80)(H,68,82)(H,69,87)(H,70,86)(H,71,85)(H,72,81)(H,73,84)(H,74,83)(H,75,88)(H4,60,61,64)(H3,62,76,90)/t38-,39-,40?,41-,42-,43-,44-,45+,46-/m0/s1/i1D3,2D3,22D2,31D,40D. The van der Waals surface area contributed by atoms with E-state index >= 15 is 14.4 Å². The number of urea groups is 1. The number of likely N-dealkylation sites (tertiary alicyclic amines) is 1. The third kappa shape index (κ3) is 21.7. The zero-order valence-electron chi connectivity index (χ0n) is 60.0. The Morgan fingerprint density at radius 2 is 1.42 bits per heavy atom. The minimum Gasteiger partial charge on any atom is -0.508 e. The van der Waals surface area contributed by atoms with Crippen molar-refractivity contribution in [3.63, 3.8) is 0 Å². The predicted molar refractivity (Wildman–Crippen MR) is 329 cm³/mol. The molecule has 2 saturated heterocycles. The molecule has 0 saturated carbocycles. The number of fused-ring (bicyclic) bond motifs is 1. The van der Waals surface area contributed by atoms with Crippen LogP contribution in [0, 0.1) is 5.89 Å². The molecule has 0 aliphatic carbocycles. The molecular weight excluding hydrogens is 1180 g/mol. The lowest BCUT2D eigenvalue weighted by Crippen LogP contribution is -2.62. The minimum absolute atomic E-state index is 0.0434. The maximum atomic E-state index is 15.1. The Hall–Kier alpha value is -9.85. The van der Waals surface area contributed by atoms with Gasteiger partial charge in [0.25, 0.3) is 5.91 Å². The second-order valence-electron chi connectivity index (χ2n) is 22.3. The predicted octanol–water partition coefficient (Wildman–Crippen LogP) is -3.11. The molecule has 2 fully saturated rings. The largest absolute Gasteiger partial charge is 0.508 e. The number of aliphatic imine (C=N–C) groups is 1. The lowest BCUT2D eigenvalue weighted by atomic mass is 10.0. The van der Waals surface area contributed by atoms with Crippen molar-refractivity contribution in [3.8, 4) is 5.75 Å². The van der Waals surface area contributed by atoms with Crippen molar-refractivity contribution in [2.75, 3.05) is 26.3 Å². The van der Waals surface area contributed by atoms with Crippen LogP contribution in [0.1, 0.15) is 110 Å². The topological polar surface area (TPSA) is 496 Å². The van der Waals surface area contributed by atoms with Crippen LogP contribution < -0.4 is 70.6 Å². The molecule has 0 spiro atoms. The molecule has 9 atom stereocenters. The van der Waals surface area contributed by atoms with Gasteiger partial charge in [-0.15, -0.1) is 0 Å². The fourth-order valence-corrected chi connectivity index (χ4v) is 9.70. The number of phenolic OH excluding ortho intramolecular Hbond substituents is 1. The molecule has 0 radical (unpaired) electrons. The van der Waals surface area contributed by atoms with Crippen molar-refractivity contribution in [3.05, 3.63) is 84.1 Å². The quantitative estimate of drug-likeness (QED) is 0.0103. The van der Waals surface area contributed by atoms with Gasteiger partial charge in [0.1, 0.15) is 60.1 Å². The molecule has 32 nitrogen and oxygen atoms in total. The molecule has 4 heterocycles. The summed E-state index contributed by atoms with van der Waals surface area (Å²) in [5.41, 5.74) is 20.3. The number of aromatic hydroxyl groups is 1. The average molecular weight is 1280 g/mol. The van der Waals surface area contributed by atoms with Crippen LogP contribution in [0.3, 0.4) is 0 Å². The van der Waals surface area contributed by atoms with E-state index in [1.807, 2.05) is 10.9 Å². The second kappa shape index (κ2) is 33.1. The number of hydrogen-bond donors (Lipinski definition) is 17. The van der Waals surface area contributed by atoms with Gasteiger partial charge in [-0.1, -0.05) is 44.0 Å². The van der Waals surface area contributed by atoms with Gasteiger partial charge in [0, 0.05) is 80.1 Å². The number of ether oxygens (including phenoxy) is 1. The number of aromatic amines is 2. The smallest absolute Gasteiger partial charge is 0.330 e. The lowest BCUT2D eigenvalue weighted by Gasteiger charge is -2.31. The van der Waals surface area contributed by atoms with Crippen molar-refractivity contribution < 1.29 is 81.4 Å². The van der Waals surface area contributed by atoms with E-state index in [9.17, 15) is 52.7 Å². The number of hydrazine groups is 1. The fourth-order valence-electron chi connectivity index (χ4n) is 9.70. The van der Waals surface area contributed by atoms with E-state index in [1.54, 1.807) is 35.8 Å². The number of H-pyrrole nitrogens is 2. The molecule has 2 aromatic heterocycles. The number of aliphatic hydroxyl groups excluding tert-OH is 1. The van der Waals surface area contributed by atoms with Crippen molar-refractivity contribution in [1.29, 1.82) is 0 Å². The first-order valence-electron chi connectivity index (χ1n) is 33.8. The number of benzene rings is 2. The lowest BCUT2D eigenvalue weighted by molar-refractivity contribution is -0.142. The zero-order chi connectivity index (χ0) is 75.2. The Morgan fingerprint density at radius 3 is 2.04 bits per heavy atom. The van der Waals surface area contributed by atoms with Crippen LogP contribution in [0.15, 0.2) is 72.2 Å². The second-order valence-corrected chi connectivity index (χ2v) is 22.3. The van der Waals surface area contributed by atoms with Crippen LogP contribution >= 0.6 is 0 Å². The summed E-state index contributed by atoms with van der Waals surface area (Å²) in [4.78, 5) is 168. The number of phenols is 1. The summed E-state index contributed by atoms with van der Waals surface area (Å²) in [6.45, 7) is -6.91. The number of nitrogens with one attached hydrogen (secondary N) is 12. The first kappa shape index (κ1) is 56.4. The van der Waals surface area contributed by atoms with Gasteiger partial charge in [-0.25, -0.2) is 15.2 Å². The van der Waals surface area contributed by atoms with Gasteiger partial charge in [-0.2, -0.15) is 0 Å². The zero-order valence-corrected chi connectivity index (χ0v) is 50.0. The van der Waals surface area contributed by atoms with Crippen molar-refractivity contribution in [2.24, 2.45) is 28.1 Å². The summed E-state index contributed by atoms with van der Waals surface area (Å²) in [6.07, 6.45) is -1.97. The first-order chi connectivity index (χ1) is 47.1. The molecule has 20 N–H and O–H groups in total. The van der Waals surface area contributed by atoms with Gasteiger partial charge in [-0.3, -0.25) is 58.4 Å². The number of aliphatic hydroxyl groups is 1. The van der Waals surface area contributed by atoms with E-state index in [1.165, 1.54) is 57.6 Å². The highest BCUT2D eigenvalue weighted by atomic mass is 16.5. The van der Waals surface area contributed by atoms with Gasteiger partial charge < -0.3 is 89.6 Å². The van der Waals surface area contributed by atoms with Gasteiger partial charge in [0.2, 0.25) is 53.2 Å². The number of rotatable bonds is 31. The van der Waals surface area contributed by atoms with Crippen LogP contribution in [0.25, 0.3) is 10.9 Å². The van der Waals surface area contributed by atoms with Gasteiger partial charge in [0.15, 0.2) is 5.96 Å². The summed E-state index contributed by atoms with van der Waals surface area (Å²) in [7, 11) is 0. The monoisotopic (exact) mass is 1280 g/mol. The van der Waals surface area contributed by atoms with Crippen LogP contribution in [0.4, 0.5) is 4.79 Å². The maximum absolute atomic E-state index is 15.1. The molecule has 6 rings (SSSR count). The number of nitrogens with two attached hydrogens (primary N) is 3. The van der Waals surface area contributed by atoms with E-state index in [-0.39, 0.29) is 69.3 Å². The number of carbonyl (C=O) groups is 11. The molecule has 494 valence electrons. The number of primary amides is 1. The molecule has 32 heteroatoms. The molecule has 12 amide bonds. The van der Waals surface area contributed by atoms with E-state index < -0.39 is 183 Å². The number of nitrogens with zero attached hydrogens (tertiary/aromatic N) is 3. The summed E-state index contributed by atoms with van der Waals surface area (Å²) in [5.74, 6) is -17.2. The normalized spacial score (nSPS) is 19.5. The molecule has 2 aliphatic heterocycles. The van der Waals surface area contributed by atoms with Crippen molar-refractivity contribution >= 4 is 82.0 Å². The molecule has 91 heavy (non-hydrogen) atoms. The van der Waals surface area contributed by atoms with Gasteiger partial charge >= 0.3 is 6.03 Å². The Balaban J connectivity index is 1.37. The van der Waals surface area contributed by atoms with Gasteiger partial charge in [-0.05, 0) is 94.5 Å². The molecule has 2 aliphatic rings. The number of hydrogen-bond acceptors (Lipinski definition) is 16.